The number of benzene rings is 1. The Labute approximate surface area is 132 Å². The highest BCUT2D eigenvalue weighted by molar-refractivity contribution is 9.10. The lowest BCUT2D eigenvalue weighted by Gasteiger charge is -2.30. The first kappa shape index (κ1) is 14.3. The number of aliphatic hydroxyl groups excluding tert-OH is 1. The minimum absolute atomic E-state index is 0.0886. The number of halogens is 1. The summed E-state index contributed by atoms with van der Waals surface area (Å²) in [5.74, 6) is 1.66. The van der Waals surface area contributed by atoms with Crippen molar-refractivity contribution in [2.75, 3.05) is 29.9 Å². The van der Waals surface area contributed by atoms with Crippen molar-refractivity contribution >= 4 is 27.6 Å². The van der Waals surface area contributed by atoms with Crippen LogP contribution in [0.3, 0.4) is 0 Å². The van der Waals surface area contributed by atoms with Gasteiger partial charge in [0.2, 0.25) is 0 Å². The molecule has 0 saturated heterocycles. The SMILES string of the molecule is OCCNc1cc(N2CCc3cc(Br)ccc3C2)ncn1. The number of anilines is 2. The fourth-order valence-corrected chi connectivity index (χ4v) is 2.93. The molecule has 2 aromatic rings. The third-order valence-electron chi connectivity index (χ3n) is 3.58. The second kappa shape index (κ2) is 6.41. The lowest BCUT2D eigenvalue weighted by atomic mass is 10.00. The largest absolute Gasteiger partial charge is 0.395 e. The number of rotatable bonds is 4. The summed E-state index contributed by atoms with van der Waals surface area (Å²) in [5.41, 5.74) is 2.74. The number of hydrogen-bond donors (Lipinski definition) is 2. The van der Waals surface area contributed by atoms with Crippen LogP contribution in [0.15, 0.2) is 35.1 Å². The van der Waals surface area contributed by atoms with Crippen LogP contribution in [-0.4, -0.2) is 34.8 Å². The minimum Gasteiger partial charge on any atom is -0.395 e. The molecule has 0 unspecified atom stereocenters. The Morgan fingerprint density at radius 1 is 1.24 bits per heavy atom. The highest BCUT2D eigenvalue weighted by Crippen LogP contribution is 2.26. The molecule has 2 heterocycles. The zero-order valence-corrected chi connectivity index (χ0v) is 13.2. The lowest BCUT2D eigenvalue weighted by molar-refractivity contribution is 0.311. The number of aliphatic hydroxyl groups is 1. The van der Waals surface area contributed by atoms with Crippen molar-refractivity contribution in [2.45, 2.75) is 13.0 Å². The maximum atomic E-state index is 8.86. The predicted molar refractivity (Wildman–Crippen MR) is 86.5 cm³/mol. The van der Waals surface area contributed by atoms with Crippen LogP contribution in [0.2, 0.25) is 0 Å². The summed E-state index contributed by atoms with van der Waals surface area (Å²) >= 11 is 3.52. The first-order valence-corrected chi connectivity index (χ1v) is 7.74. The first-order chi connectivity index (χ1) is 10.3. The molecule has 110 valence electrons. The maximum Gasteiger partial charge on any atom is 0.134 e. The summed E-state index contributed by atoms with van der Waals surface area (Å²) in [5, 5.41) is 11.9. The first-order valence-electron chi connectivity index (χ1n) is 6.95. The summed E-state index contributed by atoms with van der Waals surface area (Å²) in [4.78, 5) is 10.8. The third-order valence-corrected chi connectivity index (χ3v) is 4.07. The predicted octanol–water partition coefficient (Wildman–Crippen LogP) is 2.21. The van der Waals surface area contributed by atoms with Crippen molar-refractivity contribution in [1.29, 1.82) is 0 Å². The number of fused-ring (bicyclic) bond motifs is 1. The zero-order chi connectivity index (χ0) is 14.7. The molecule has 0 fully saturated rings. The topological polar surface area (TPSA) is 61.3 Å². The zero-order valence-electron chi connectivity index (χ0n) is 11.6. The van der Waals surface area contributed by atoms with Crippen molar-refractivity contribution in [3.63, 3.8) is 0 Å². The Morgan fingerprint density at radius 3 is 3.00 bits per heavy atom. The third kappa shape index (κ3) is 3.33. The van der Waals surface area contributed by atoms with E-state index in [1.807, 2.05) is 6.07 Å². The van der Waals surface area contributed by atoms with Crippen LogP contribution >= 0.6 is 15.9 Å². The van der Waals surface area contributed by atoms with E-state index < -0.39 is 0 Å². The Kier molecular flexibility index (Phi) is 4.36. The molecule has 1 aliphatic rings. The Bertz CT molecular complexity index is 635. The average Bonchev–Trinajstić information content (AvgIpc) is 2.52. The summed E-state index contributed by atoms with van der Waals surface area (Å²) in [6, 6.07) is 8.37. The molecule has 1 aliphatic heterocycles. The number of hydrogen-bond acceptors (Lipinski definition) is 5. The molecule has 0 atom stereocenters. The molecule has 0 bridgehead atoms. The van der Waals surface area contributed by atoms with Crippen molar-refractivity contribution in [1.82, 2.24) is 9.97 Å². The highest BCUT2D eigenvalue weighted by Gasteiger charge is 2.18. The van der Waals surface area contributed by atoms with E-state index >= 15 is 0 Å². The number of nitrogens with one attached hydrogen (secondary N) is 1. The second-order valence-electron chi connectivity index (χ2n) is 5.00. The van der Waals surface area contributed by atoms with Gasteiger partial charge in [0.25, 0.3) is 0 Å². The second-order valence-corrected chi connectivity index (χ2v) is 5.91. The van der Waals surface area contributed by atoms with Crippen LogP contribution in [0.4, 0.5) is 11.6 Å². The van der Waals surface area contributed by atoms with E-state index in [2.05, 4.69) is 54.3 Å². The smallest absolute Gasteiger partial charge is 0.134 e. The molecule has 3 rings (SSSR count). The van der Waals surface area contributed by atoms with Gasteiger partial charge in [-0.2, -0.15) is 0 Å². The van der Waals surface area contributed by atoms with Crippen LogP contribution in [0.5, 0.6) is 0 Å². The van der Waals surface area contributed by atoms with Gasteiger partial charge in [0.15, 0.2) is 0 Å². The van der Waals surface area contributed by atoms with Gasteiger partial charge in [-0.25, -0.2) is 9.97 Å². The standard InChI is InChI=1S/C15H17BrN4O/c16-13-2-1-12-9-20(5-3-11(12)7-13)15-8-14(17-4-6-21)18-10-19-15/h1-2,7-8,10,21H,3-6,9H2,(H,17,18,19). The van der Waals surface area contributed by atoms with Gasteiger partial charge in [-0.05, 0) is 29.7 Å². The van der Waals surface area contributed by atoms with Crippen molar-refractivity contribution in [3.05, 3.63) is 46.2 Å². The molecule has 0 saturated carbocycles. The van der Waals surface area contributed by atoms with E-state index in [4.69, 9.17) is 5.11 Å². The summed E-state index contributed by atoms with van der Waals surface area (Å²) in [6.07, 6.45) is 2.57. The minimum atomic E-state index is 0.0886. The number of aromatic nitrogens is 2. The van der Waals surface area contributed by atoms with E-state index in [0.29, 0.717) is 6.54 Å². The van der Waals surface area contributed by atoms with Gasteiger partial charge >= 0.3 is 0 Å². The quantitative estimate of drug-likeness (QED) is 0.886. The molecule has 0 aliphatic carbocycles. The van der Waals surface area contributed by atoms with Gasteiger partial charge in [-0.15, -0.1) is 0 Å². The summed E-state index contributed by atoms with van der Waals surface area (Å²) < 4.78 is 1.13. The molecular formula is C15H17BrN4O. The lowest BCUT2D eigenvalue weighted by Crippen LogP contribution is -2.31. The molecule has 2 N–H and O–H groups in total. The average molecular weight is 349 g/mol. The highest BCUT2D eigenvalue weighted by atomic mass is 79.9. The number of nitrogens with zero attached hydrogens (tertiary/aromatic N) is 3. The molecular weight excluding hydrogens is 332 g/mol. The Hall–Kier alpha value is -1.66. The van der Waals surface area contributed by atoms with Crippen LogP contribution < -0.4 is 10.2 Å². The molecule has 5 nitrogen and oxygen atoms in total. The Balaban J connectivity index is 1.78. The van der Waals surface area contributed by atoms with E-state index in [1.165, 1.54) is 11.1 Å². The van der Waals surface area contributed by atoms with Gasteiger partial charge < -0.3 is 15.3 Å². The molecule has 1 aromatic carbocycles. The summed E-state index contributed by atoms with van der Waals surface area (Å²) in [7, 11) is 0. The van der Waals surface area contributed by atoms with E-state index in [9.17, 15) is 0 Å². The molecule has 21 heavy (non-hydrogen) atoms. The monoisotopic (exact) mass is 348 g/mol. The molecule has 0 radical (unpaired) electrons. The van der Waals surface area contributed by atoms with Crippen LogP contribution in [0.25, 0.3) is 0 Å². The van der Waals surface area contributed by atoms with E-state index in [0.717, 1.165) is 35.6 Å². The van der Waals surface area contributed by atoms with Gasteiger partial charge in [-0.3, -0.25) is 0 Å². The van der Waals surface area contributed by atoms with E-state index in [1.54, 1.807) is 6.33 Å². The van der Waals surface area contributed by atoms with Crippen LogP contribution in [-0.2, 0) is 13.0 Å². The fourth-order valence-electron chi connectivity index (χ4n) is 2.52. The molecule has 0 spiro atoms. The summed E-state index contributed by atoms with van der Waals surface area (Å²) in [6.45, 7) is 2.39. The van der Waals surface area contributed by atoms with E-state index in [-0.39, 0.29) is 6.61 Å². The molecule has 6 heteroatoms. The Morgan fingerprint density at radius 2 is 2.14 bits per heavy atom. The van der Waals surface area contributed by atoms with Gasteiger partial charge in [0.1, 0.15) is 18.0 Å². The maximum absolute atomic E-state index is 8.86. The van der Waals surface area contributed by atoms with Gasteiger partial charge in [-0.1, -0.05) is 22.0 Å². The molecule has 1 aromatic heterocycles. The van der Waals surface area contributed by atoms with Crippen molar-refractivity contribution in [2.24, 2.45) is 0 Å². The van der Waals surface area contributed by atoms with Crippen molar-refractivity contribution in [3.8, 4) is 0 Å². The molecule has 0 amide bonds. The van der Waals surface area contributed by atoms with Crippen LogP contribution in [0, 0.1) is 0 Å². The van der Waals surface area contributed by atoms with Gasteiger partial charge in [0.05, 0.1) is 6.61 Å². The fraction of sp³-hybridized carbons (Fsp3) is 0.333. The van der Waals surface area contributed by atoms with Crippen molar-refractivity contribution < 1.29 is 5.11 Å². The normalized spacial score (nSPS) is 13.9. The van der Waals surface area contributed by atoms with Crippen LogP contribution in [0.1, 0.15) is 11.1 Å². The van der Waals surface area contributed by atoms with Gasteiger partial charge in [0, 0.05) is 30.2 Å².